The molecule has 0 fully saturated rings. The molecule has 0 bridgehead atoms. The first-order chi connectivity index (χ1) is 16.2. The second-order valence-corrected chi connectivity index (χ2v) is 8.46. The third kappa shape index (κ3) is 5.89. The van der Waals surface area contributed by atoms with Crippen LogP contribution < -0.4 is 0 Å². The highest BCUT2D eigenvalue weighted by atomic mass is 19.4. The van der Waals surface area contributed by atoms with Crippen LogP contribution in [0.1, 0.15) is 27.7 Å². The first-order valence-electron chi connectivity index (χ1n) is 10.6. The van der Waals surface area contributed by atoms with Crippen molar-refractivity contribution < 1.29 is 80.2 Å². The van der Waals surface area contributed by atoms with E-state index in [4.69, 9.17) is 0 Å². The number of quaternary nitrogens is 1. The van der Waals surface area contributed by atoms with Gasteiger partial charge in [0.1, 0.15) is 19.3 Å². The van der Waals surface area contributed by atoms with Crippen LogP contribution in [0.25, 0.3) is 0 Å². The van der Waals surface area contributed by atoms with E-state index in [1.165, 1.54) is 0 Å². The fourth-order valence-corrected chi connectivity index (χ4v) is 3.25. The van der Waals surface area contributed by atoms with E-state index in [2.05, 4.69) is 4.74 Å². The monoisotopic (exact) mass is 586 g/mol. The molecule has 0 aromatic carbocycles. The minimum atomic E-state index is -8.27. The van der Waals surface area contributed by atoms with Gasteiger partial charge in [0.15, 0.2) is 6.17 Å². The van der Waals surface area contributed by atoms with E-state index in [1.807, 2.05) is 0 Å². The first kappa shape index (κ1) is 35.8. The van der Waals surface area contributed by atoms with E-state index >= 15 is 0 Å². The molecule has 1 N–H and O–H groups in total. The van der Waals surface area contributed by atoms with Crippen molar-refractivity contribution in [1.82, 2.24) is 0 Å². The number of likely N-dealkylation sites (N-methyl/N-ethyl adjacent to an activating group) is 1. The molecule has 37 heavy (non-hydrogen) atoms. The SMILES string of the molecule is CC[N+](CC)(CC)CC(O)COCC(F)(F)C(F)(F)C(F)(F)C(F)(F)C(F)(F)C(F)(F)C(F)(F)C(C)F. The fourth-order valence-electron chi connectivity index (χ4n) is 3.25. The molecule has 0 rings (SSSR count). The van der Waals surface area contributed by atoms with Gasteiger partial charge in [0, 0.05) is 0 Å². The Morgan fingerprint density at radius 1 is 0.649 bits per heavy atom. The minimum absolute atomic E-state index is 0.146. The summed E-state index contributed by atoms with van der Waals surface area (Å²) in [5.41, 5.74) is 0. The average molecular weight is 586 g/mol. The summed E-state index contributed by atoms with van der Waals surface area (Å²) in [7, 11) is 0. The Kier molecular flexibility index (Phi) is 10.8. The molecule has 0 amide bonds. The predicted molar refractivity (Wildman–Crippen MR) is 98.8 cm³/mol. The van der Waals surface area contributed by atoms with Gasteiger partial charge in [0.05, 0.1) is 26.2 Å². The zero-order chi connectivity index (χ0) is 30.1. The van der Waals surface area contributed by atoms with E-state index in [-0.39, 0.29) is 11.0 Å². The Morgan fingerprint density at radius 3 is 1.35 bits per heavy atom. The summed E-state index contributed by atoms with van der Waals surface area (Å²) in [4.78, 5) is 0. The summed E-state index contributed by atoms with van der Waals surface area (Å²) in [5, 5.41) is 9.86. The lowest BCUT2D eigenvalue weighted by molar-refractivity contribution is -0.926. The van der Waals surface area contributed by atoms with Gasteiger partial charge in [-0.25, -0.2) is 4.39 Å². The van der Waals surface area contributed by atoms with E-state index in [0.717, 1.165) is 0 Å². The van der Waals surface area contributed by atoms with Gasteiger partial charge in [-0.05, 0) is 27.7 Å². The molecule has 0 saturated carbocycles. The average Bonchev–Trinajstić information content (AvgIpc) is 2.76. The van der Waals surface area contributed by atoms with Gasteiger partial charge in [-0.2, -0.15) is 61.5 Å². The van der Waals surface area contributed by atoms with Crippen molar-refractivity contribution in [3.63, 3.8) is 0 Å². The minimum Gasteiger partial charge on any atom is -0.385 e. The molecule has 224 valence electrons. The van der Waals surface area contributed by atoms with E-state index in [9.17, 15) is 71.0 Å². The number of hydrogen-bond acceptors (Lipinski definition) is 2. The first-order valence-corrected chi connectivity index (χ1v) is 10.6. The molecule has 3 nitrogen and oxygen atoms in total. The molecule has 0 spiro atoms. The number of halogens is 15. The van der Waals surface area contributed by atoms with Gasteiger partial charge in [-0.3, -0.25) is 0 Å². The second-order valence-electron chi connectivity index (χ2n) is 8.46. The summed E-state index contributed by atoms with van der Waals surface area (Å²) in [6.07, 6.45) is -6.07. The number of aliphatic hydroxyl groups is 1. The Hall–Kier alpha value is -1.17. The van der Waals surface area contributed by atoms with Crippen LogP contribution in [-0.2, 0) is 4.74 Å². The maximum atomic E-state index is 13.8. The Labute approximate surface area is 202 Å². The number of rotatable bonds is 16. The molecule has 2 unspecified atom stereocenters. The summed E-state index contributed by atoms with van der Waals surface area (Å²) < 4.78 is 208. The van der Waals surface area contributed by atoms with Crippen molar-refractivity contribution in [3.8, 4) is 0 Å². The molecule has 0 saturated heterocycles. The fraction of sp³-hybridized carbons (Fsp3) is 1.00. The van der Waals surface area contributed by atoms with Crippen LogP contribution in [0.4, 0.5) is 65.9 Å². The lowest BCUT2D eigenvalue weighted by atomic mass is 9.88. The second kappa shape index (κ2) is 11.1. The van der Waals surface area contributed by atoms with Crippen molar-refractivity contribution in [2.24, 2.45) is 0 Å². The number of aliphatic hydroxyl groups excluding tert-OH is 1. The Morgan fingerprint density at radius 2 is 1.00 bits per heavy atom. The predicted octanol–water partition coefficient (Wildman–Crippen LogP) is 6.05. The van der Waals surface area contributed by atoms with Crippen molar-refractivity contribution in [2.75, 3.05) is 39.4 Å². The summed E-state index contributed by atoms with van der Waals surface area (Å²) >= 11 is 0. The highest BCUT2D eigenvalue weighted by molar-refractivity contribution is 5.14. The van der Waals surface area contributed by atoms with Crippen LogP contribution >= 0.6 is 0 Å². The maximum Gasteiger partial charge on any atom is 0.384 e. The largest absolute Gasteiger partial charge is 0.385 e. The number of hydrogen-bond donors (Lipinski definition) is 1. The summed E-state index contributed by atoms with van der Waals surface area (Å²) in [6.45, 7) is 1.25. The lowest BCUT2D eigenvalue weighted by Crippen LogP contribution is -2.74. The highest BCUT2D eigenvalue weighted by Gasteiger charge is 2.93. The molecule has 0 aromatic rings. The molecule has 0 aliphatic rings. The normalized spacial score (nSPS) is 17.2. The van der Waals surface area contributed by atoms with Crippen molar-refractivity contribution in [2.45, 2.75) is 81.4 Å². The Balaban J connectivity index is 6.00. The van der Waals surface area contributed by atoms with Gasteiger partial charge < -0.3 is 14.3 Å². The molecular formula is C19H27F15NO2+. The van der Waals surface area contributed by atoms with E-state index in [1.54, 1.807) is 20.8 Å². The van der Waals surface area contributed by atoms with E-state index in [0.29, 0.717) is 19.6 Å². The number of ether oxygens (including phenoxy) is 1. The van der Waals surface area contributed by atoms with Crippen LogP contribution in [0.2, 0.25) is 0 Å². The molecular weight excluding hydrogens is 559 g/mol. The third-order valence-electron chi connectivity index (χ3n) is 6.16. The lowest BCUT2D eigenvalue weighted by Gasteiger charge is -2.42. The topological polar surface area (TPSA) is 29.5 Å². The molecule has 0 radical (unpaired) electrons. The van der Waals surface area contributed by atoms with Crippen molar-refractivity contribution >= 4 is 0 Å². The van der Waals surface area contributed by atoms with Gasteiger partial charge in [0.2, 0.25) is 0 Å². The maximum absolute atomic E-state index is 13.8. The zero-order valence-corrected chi connectivity index (χ0v) is 19.9. The van der Waals surface area contributed by atoms with Crippen LogP contribution in [0.5, 0.6) is 0 Å². The van der Waals surface area contributed by atoms with Crippen molar-refractivity contribution in [3.05, 3.63) is 0 Å². The summed E-state index contributed by atoms with van der Waals surface area (Å²) in [6, 6.07) is 0. The van der Waals surface area contributed by atoms with Gasteiger partial charge in [-0.15, -0.1) is 0 Å². The zero-order valence-electron chi connectivity index (χ0n) is 19.9. The molecule has 0 heterocycles. The molecule has 0 aliphatic heterocycles. The third-order valence-corrected chi connectivity index (χ3v) is 6.16. The molecule has 18 heteroatoms. The molecule has 0 aliphatic carbocycles. The van der Waals surface area contributed by atoms with Crippen LogP contribution in [0.3, 0.4) is 0 Å². The quantitative estimate of drug-likeness (QED) is 0.177. The molecule has 2 atom stereocenters. The van der Waals surface area contributed by atoms with Crippen molar-refractivity contribution in [1.29, 1.82) is 0 Å². The van der Waals surface area contributed by atoms with E-state index < -0.39 is 73.9 Å². The van der Waals surface area contributed by atoms with Gasteiger partial charge >= 0.3 is 41.5 Å². The van der Waals surface area contributed by atoms with Crippen LogP contribution in [-0.4, -0.2) is 103 Å². The standard InChI is InChI=1S/C19H27F15NO2/c1-5-35(6-2,7-3)8-12(36)9-37-10-13(21,22)15(25,26)17(29,30)19(33,34)18(31,32)16(27,28)14(23,24)11(4)20/h11-12,36H,5-10H2,1-4H3/q+1. The van der Waals surface area contributed by atoms with Gasteiger partial charge in [-0.1, -0.05) is 0 Å². The molecule has 0 aromatic heterocycles. The number of alkyl halides is 15. The highest BCUT2D eigenvalue weighted by Crippen LogP contribution is 2.62. The van der Waals surface area contributed by atoms with Gasteiger partial charge in [0.25, 0.3) is 0 Å². The summed E-state index contributed by atoms with van der Waals surface area (Å²) in [5.74, 6) is -53.2. The Bertz CT molecular complexity index is 731. The van der Waals surface area contributed by atoms with Crippen LogP contribution in [0, 0.1) is 0 Å². The smallest absolute Gasteiger partial charge is 0.384 e. The number of nitrogens with zero attached hydrogens (tertiary/aromatic N) is 1. The van der Waals surface area contributed by atoms with Crippen LogP contribution in [0.15, 0.2) is 0 Å².